The molecule has 0 N–H and O–H groups in total. The third kappa shape index (κ3) is 3.37. The first-order chi connectivity index (χ1) is 10.2. The number of methoxy groups -OCH3 is 2. The standard InChI is InChI=1S/C16H15N2O3/c1-20-15-4-3-13(9-16(15)21-2)14(19)11-18-7-5-12(10-17)6-8-18/h3-9H,11H2,1-2H3/q+1. The zero-order chi connectivity index (χ0) is 15.2. The van der Waals surface area contributed by atoms with Crippen molar-refractivity contribution in [1.29, 1.82) is 5.26 Å². The van der Waals surface area contributed by atoms with Crippen LogP contribution >= 0.6 is 0 Å². The topological polar surface area (TPSA) is 63.2 Å². The molecule has 2 rings (SSSR count). The van der Waals surface area contributed by atoms with Crippen LogP contribution in [0.15, 0.2) is 42.7 Å². The molecule has 0 amide bonds. The van der Waals surface area contributed by atoms with E-state index in [1.54, 1.807) is 54.4 Å². The molecule has 0 saturated carbocycles. The lowest BCUT2D eigenvalue weighted by atomic mass is 10.1. The van der Waals surface area contributed by atoms with Gasteiger partial charge in [-0.1, -0.05) is 0 Å². The predicted octanol–water partition coefficient (Wildman–Crippen LogP) is 1.75. The molecule has 5 heteroatoms. The van der Waals surface area contributed by atoms with E-state index < -0.39 is 0 Å². The first-order valence-electron chi connectivity index (χ1n) is 6.32. The van der Waals surface area contributed by atoms with Crippen LogP contribution in [0.4, 0.5) is 0 Å². The number of aromatic nitrogens is 1. The van der Waals surface area contributed by atoms with Crippen LogP contribution in [0.1, 0.15) is 15.9 Å². The Labute approximate surface area is 123 Å². The molecule has 0 radical (unpaired) electrons. The highest BCUT2D eigenvalue weighted by Gasteiger charge is 2.15. The Morgan fingerprint density at radius 2 is 1.81 bits per heavy atom. The molecule has 1 aromatic carbocycles. The number of pyridine rings is 1. The lowest BCUT2D eigenvalue weighted by Gasteiger charge is -2.08. The van der Waals surface area contributed by atoms with Gasteiger partial charge in [0.05, 0.1) is 25.9 Å². The van der Waals surface area contributed by atoms with Gasteiger partial charge in [-0.3, -0.25) is 4.79 Å². The molecule has 1 heterocycles. The lowest BCUT2D eigenvalue weighted by Crippen LogP contribution is -2.37. The molecule has 0 spiro atoms. The fourth-order valence-corrected chi connectivity index (χ4v) is 1.90. The van der Waals surface area contributed by atoms with E-state index in [9.17, 15) is 4.79 Å². The summed E-state index contributed by atoms with van der Waals surface area (Å²) in [5.41, 5.74) is 1.11. The summed E-state index contributed by atoms with van der Waals surface area (Å²) in [6, 6.07) is 10.4. The van der Waals surface area contributed by atoms with E-state index in [1.165, 1.54) is 7.11 Å². The summed E-state index contributed by atoms with van der Waals surface area (Å²) in [7, 11) is 3.08. The van der Waals surface area contributed by atoms with Crippen LogP contribution in [0.25, 0.3) is 0 Å². The Balaban J connectivity index is 2.18. The molecule has 106 valence electrons. The smallest absolute Gasteiger partial charge is 0.227 e. The van der Waals surface area contributed by atoms with E-state index in [2.05, 4.69) is 0 Å². The van der Waals surface area contributed by atoms with Gasteiger partial charge in [0, 0.05) is 17.7 Å². The van der Waals surface area contributed by atoms with Crippen molar-refractivity contribution in [3.05, 3.63) is 53.9 Å². The largest absolute Gasteiger partial charge is 0.493 e. The van der Waals surface area contributed by atoms with Gasteiger partial charge >= 0.3 is 0 Å². The highest BCUT2D eigenvalue weighted by molar-refractivity contribution is 5.95. The van der Waals surface area contributed by atoms with Crippen molar-refractivity contribution in [2.75, 3.05) is 14.2 Å². The zero-order valence-electron chi connectivity index (χ0n) is 11.9. The quantitative estimate of drug-likeness (QED) is 0.619. The second-order valence-corrected chi connectivity index (χ2v) is 4.36. The number of benzene rings is 1. The Bertz CT molecular complexity index is 688. The van der Waals surface area contributed by atoms with Crippen LogP contribution in [-0.4, -0.2) is 20.0 Å². The monoisotopic (exact) mass is 283 g/mol. The summed E-state index contributed by atoms with van der Waals surface area (Å²) in [5, 5.41) is 8.74. The fraction of sp³-hybridized carbons (Fsp3) is 0.188. The second-order valence-electron chi connectivity index (χ2n) is 4.36. The highest BCUT2D eigenvalue weighted by atomic mass is 16.5. The van der Waals surface area contributed by atoms with Crippen molar-refractivity contribution < 1.29 is 18.8 Å². The molecule has 0 unspecified atom stereocenters. The van der Waals surface area contributed by atoms with Crippen LogP contribution in [0.2, 0.25) is 0 Å². The molecule has 0 aliphatic heterocycles. The van der Waals surface area contributed by atoms with E-state index in [-0.39, 0.29) is 12.3 Å². The maximum atomic E-state index is 12.3. The number of rotatable bonds is 5. The maximum Gasteiger partial charge on any atom is 0.227 e. The zero-order valence-corrected chi connectivity index (χ0v) is 11.9. The van der Waals surface area contributed by atoms with Crippen molar-refractivity contribution >= 4 is 5.78 Å². The molecule has 1 aromatic heterocycles. The normalized spacial score (nSPS) is 9.76. The summed E-state index contributed by atoms with van der Waals surface area (Å²) in [6.07, 6.45) is 3.41. The summed E-state index contributed by atoms with van der Waals surface area (Å²) < 4.78 is 12.1. The fourth-order valence-electron chi connectivity index (χ4n) is 1.90. The van der Waals surface area contributed by atoms with E-state index >= 15 is 0 Å². The van der Waals surface area contributed by atoms with Gasteiger partial charge in [-0.2, -0.15) is 9.83 Å². The minimum atomic E-state index is -0.0503. The Morgan fingerprint density at radius 1 is 1.14 bits per heavy atom. The van der Waals surface area contributed by atoms with Gasteiger partial charge in [0.2, 0.25) is 12.3 Å². The van der Waals surface area contributed by atoms with Crippen LogP contribution in [0.5, 0.6) is 11.5 Å². The number of ketones is 1. The summed E-state index contributed by atoms with van der Waals surface area (Å²) >= 11 is 0. The van der Waals surface area contributed by atoms with Crippen molar-refractivity contribution in [1.82, 2.24) is 0 Å². The summed E-state index contributed by atoms with van der Waals surface area (Å²) in [6.45, 7) is 0.196. The molecular formula is C16H15N2O3+. The second kappa shape index (κ2) is 6.53. The van der Waals surface area contributed by atoms with Gasteiger partial charge < -0.3 is 9.47 Å². The number of nitriles is 1. The number of hydrogen-bond donors (Lipinski definition) is 0. The van der Waals surface area contributed by atoms with Crippen LogP contribution in [0, 0.1) is 11.3 Å². The van der Waals surface area contributed by atoms with Crippen molar-refractivity contribution in [2.24, 2.45) is 0 Å². The minimum Gasteiger partial charge on any atom is -0.493 e. The average molecular weight is 283 g/mol. The van der Waals surface area contributed by atoms with Crippen LogP contribution in [0.3, 0.4) is 0 Å². The van der Waals surface area contributed by atoms with Crippen molar-refractivity contribution in [3.8, 4) is 17.6 Å². The average Bonchev–Trinajstić information content (AvgIpc) is 2.54. The maximum absolute atomic E-state index is 12.3. The SMILES string of the molecule is COc1ccc(C(=O)C[n+]2ccc(C#N)cc2)cc1OC. The van der Waals surface area contributed by atoms with E-state index in [1.807, 2.05) is 6.07 Å². The molecule has 2 aromatic rings. The number of ether oxygens (including phenoxy) is 2. The Kier molecular flexibility index (Phi) is 4.52. The van der Waals surface area contributed by atoms with Crippen molar-refractivity contribution in [3.63, 3.8) is 0 Å². The Hall–Kier alpha value is -2.87. The lowest BCUT2D eigenvalue weighted by molar-refractivity contribution is -0.683. The third-order valence-electron chi connectivity index (χ3n) is 3.05. The van der Waals surface area contributed by atoms with E-state index in [0.717, 1.165) is 0 Å². The van der Waals surface area contributed by atoms with Gasteiger partial charge in [0.25, 0.3) is 0 Å². The van der Waals surface area contributed by atoms with E-state index in [4.69, 9.17) is 14.7 Å². The number of hydrogen-bond acceptors (Lipinski definition) is 4. The molecule has 21 heavy (non-hydrogen) atoms. The summed E-state index contributed by atoms with van der Waals surface area (Å²) in [5.74, 6) is 1.05. The first-order valence-corrected chi connectivity index (χ1v) is 6.32. The first kappa shape index (κ1) is 14.5. The molecule has 0 aliphatic carbocycles. The third-order valence-corrected chi connectivity index (χ3v) is 3.05. The van der Waals surface area contributed by atoms with Crippen molar-refractivity contribution in [2.45, 2.75) is 6.54 Å². The van der Waals surface area contributed by atoms with Gasteiger partial charge in [-0.05, 0) is 18.2 Å². The number of nitrogens with zero attached hydrogens (tertiary/aromatic N) is 2. The predicted molar refractivity (Wildman–Crippen MR) is 75.2 cm³/mol. The van der Waals surface area contributed by atoms with E-state index in [0.29, 0.717) is 22.6 Å². The van der Waals surface area contributed by atoms with Gasteiger partial charge in [0.1, 0.15) is 0 Å². The molecule has 0 bridgehead atoms. The number of Topliss-reactive ketones (excluding diaryl/α,β-unsaturated/α-hetero) is 1. The molecule has 0 aliphatic rings. The Morgan fingerprint density at radius 3 is 2.38 bits per heavy atom. The number of carbonyl (C=O) groups excluding carboxylic acids is 1. The molecule has 5 nitrogen and oxygen atoms in total. The molecule has 0 atom stereocenters. The van der Waals surface area contributed by atoms with Crippen LogP contribution in [-0.2, 0) is 6.54 Å². The van der Waals surface area contributed by atoms with Crippen LogP contribution < -0.4 is 14.0 Å². The van der Waals surface area contributed by atoms with Gasteiger partial charge in [0.15, 0.2) is 23.9 Å². The number of carbonyl (C=O) groups is 1. The molecule has 0 saturated heterocycles. The highest BCUT2D eigenvalue weighted by Crippen LogP contribution is 2.27. The van der Waals surface area contributed by atoms with Gasteiger partial charge in [-0.15, -0.1) is 0 Å². The van der Waals surface area contributed by atoms with Gasteiger partial charge in [-0.25, -0.2) is 0 Å². The molecule has 0 fully saturated rings. The summed E-state index contributed by atoms with van der Waals surface area (Å²) in [4.78, 5) is 12.3. The minimum absolute atomic E-state index is 0.0503. The molecular weight excluding hydrogens is 268 g/mol.